The molecule has 1 aromatic carbocycles. The van der Waals surface area contributed by atoms with Gasteiger partial charge in [0.25, 0.3) is 0 Å². The molecule has 112 valence electrons. The summed E-state index contributed by atoms with van der Waals surface area (Å²) in [6, 6.07) is 7.84. The highest BCUT2D eigenvalue weighted by atomic mass is 127. The van der Waals surface area contributed by atoms with E-state index in [2.05, 4.69) is 22.6 Å². The lowest BCUT2D eigenvalue weighted by molar-refractivity contribution is 0.449. The van der Waals surface area contributed by atoms with Gasteiger partial charge in [-0.25, -0.2) is 12.7 Å². The SMILES string of the molecule is O=S(=O)(N1CCCC1)C1(c2ccc(I)cc2)C=CC=CC1. The van der Waals surface area contributed by atoms with Crippen LogP contribution in [0.4, 0.5) is 0 Å². The molecule has 0 saturated carbocycles. The number of hydrogen-bond donors (Lipinski definition) is 0. The van der Waals surface area contributed by atoms with Crippen molar-refractivity contribution in [1.82, 2.24) is 4.31 Å². The molecule has 0 spiro atoms. The number of rotatable bonds is 3. The zero-order valence-electron chi connectivity index (χ0n) is 11.7. The Bertz CT molecular complexity index is 673. The molecule has 3 nitrogen and oxygen atoms in total. The summed E-state index contributed by atoms with van der Waals surface area (Å²) in [5, 5.41) is 0. The molecule has 5 heteroatoms. The topological polar surface area (TPSA) is 37.4 Å². The first-order valence-corrected chi connectivity index (χ1v) is 9.68. The predicted octanol–water partition coefficient (Wildman–Crippen LogP) is 3.43. The van der Waals surface area contributed by atoms with Crippen molar-refractivity contribution in [3.05, 3.63) is 57.7 Å². The number of benzene rings is 1. The molecular formula is C16H18INO2S. The lowest BCUT2D eigenvalue weighted by atomic mass is 9.91. The third kappa shape index (κ3) is 2.59. The van der Waals surface area contributed by atoms with Gasteiger partial charge >= 0.3 is 0 Å². The van der Waals surface area contributed by atoms with Crippen molar-refractivity contribution in [1.29, 1.82) is 0 Å². The van der Waals surface area contributed by atoms with Crippen molar-refractivity contribution in [2.24, 2.45) is 0 Å². The van der Waals surface area contributed by atoms with E-state index in [-0.39, 0.29) is 0 Å². The van der Waals surface area contributed by atoms with Crippen LogP contribution in [-0.2, 0) is 14.8 Å². The van der Waals surface area contributed by atoms with Crippen molar-refractivity contribution in [2.75, 3.05) is 13.1 Å². The van der Waals surface area contributed by atoms with Crippen LogP contribution in [0, 0.1) is 3.57 Å². The lowest BCUT2D eigenvalue weighted by Gasteiger charge is -2.35. The number of nitrogens with zero attached hydrogens (tertiary/aromatic N) is 1. The smallest absolute Gasteiger partial charge is 0.211 e. The van der Waals surface area contributed by atoms with Crippen molar-refractivity contribution in [3.63, 3.8) is 0 Å². The first kappa shape index (κ1) is 15.2. The summed E-state index contributed by atoms with van der Waals surface area (Å²) >= 11 is 2.24. The van der Waals surface area contributed by atoms with Crippen LogP contribution in [0.2, 0.25) is 0 Å². The van der Waals surface area contributed by atoms with Crippen molar-refractivity contribution >= 4 is 32.6 Å². The van der Waals surface area contributed by atoms with E-state index < -0.39 is 14.8 Å². The van der Waals surface area contributed by atoms with Gasteiger partial charge < -0.3 is 0 Å². The van der Waals surface area contributed by atoms with Gasteiger partial charge in [-0.15, -0.1) is 0 Å². The molecule has 1 fully saturated rings. The lowest BCUT2D eigenvalue weighted by Crippen LogP contribution is -2.44. The number of hydrogen-bond acceptors (Lipinski definition) is 2. The normalized spacial score (nSPS) is 26.3. The summed E-state index contributed by atoms with van der Waals surface area (Å²) in [6.07, 6.45) is 10.0. The van der Waals surface area contributed by atoms with E-state index in [9.17, 15) is 8.42 Å². The largest absolute Gasteiger partial charge is 0.228 e. The van der Waals surface area contributed by atoms with Crippen molar-refractivity contribution < 1.29 is 8.42 Å². The highest BCUT2D eigenvalue weighted by Crippen LogP contribution is 2.41. The minimum Gasteiger partial charge on any atom is -0.211 e. The molecule has 1 aliphatic carbocycles. The molecule has 21 heavy (non-hydrogen) atoms. The first-order chi connectivity index (χ1) is 10.1. The average Bonchev–Trinajstić information content (AvgIpc) is 3.03. The van der Waals surface area contributed by atoms with Gasteiger partial charge in [0.15, 0.2) is 0 Å². The van der Waals surface area contributed by atoms with E-state index in [4.69, 9.17) is 0 Å². The van der Waals surface area contributed by atoms with Crippen LogP contribution in [0.3, 0.4) is 0 Å². The van der Waals surface area contributed by atoms with E-state index in [0.29, 0.717) is 19.5 Å². The Morgan fingerprint density at radius 3 is 2.29 bits per heavy atom. The van der Waals surface area contributed by atoms with Crippen LogP contribution in [0.25, 0.3) is 0 Å². The Balaban J connectivity index is 2.11. The van der Waals surface area contributed by atoms with E-state index in [1.54, 1.807) is 4.31 Å². The molecule has 0 radical (unpaired) electrons. The maximum atomic E-state index is 13.2. The molecule has 3 rings (SSSR count). The second-order valence-electron chi connectivity index (χ2n) is 5.50. The highest BCUT2D eigenvalue weighted by Gasteiger charge is 2.47. The monoisotopic (exact) mass is 415 g/mol. The van der Waals surface area contributed by atoms with E-state index in [0.717, 1.165) is 22.0 Å². The van der Waals surface area contributed by atoms with Crippen LogP contribution >= 0.6 is 22.6 Å². The molecule has 1 heterocycles. The standard InChI is InChI=1S/C16H18INO2S/c17-15-8-6-14(7-9-15)16(10-2-1-3-11-16)21(19,20)18-12-4-5-13-18/h1-3,6-10H,4-5,11-13H2. The molecule has 0 N–H and O–H groups in total. The molecule has 1 atom stereocenters. The second-order valence-corrected chi connectivity index (χ2v) is 8.94. The Morgan fingerprint density at radius 2 is 1.71 bits per heavy atom. The van der Waals surface area contributed by atoms with Crippen LogP contribution in [0.15, 0.2) is 48.6 Å². The number of sulfonamides is 1. The fourth-order valence-corrected chi connectivity index (χ4v) is 5.60. The molecule has 0 aromatic heterocycles. The molecule has 1 aromatic rings. The number of allylic oxidation sites excluding steroid dienone is 3. The summed E-state index contributed by atoms with van der Waals surface area (Å²) in [6.45, 7) is 1.29. The van der Waals surface area contributed by atoms with E-state index in [1.807, 2.05) is 48.6 Å². The van der Waals surface area contributed by atoms with Gasteiger partial charge in [-0.05, 0) is 59.5 Å². The quantitative estimate of drug-likeness (QED) is 0.710. The first-order valence-electron chi connectivity index (χ1n) is 7.16. The van der Waals surface area contributed by atoms with Crippen LogP contribution in [-0.4, -0.2) is 25.8 Å². The molecule has 1 saturated heterocycles. The summed E-state index contributed by atoms with van der Waals surface area (Å²) in [5.41, 5.74) is 0.857. The molecule has 1 aliphatic heterocycles. The molecule has 2 aliphatic rings. The third-order valence-corrected chi connectivity index (χ3v) is 7.46. The fraction of sp³-hybridized carbons (Fsp3) is 0.375. The molecule has 1 unspecified atom stereocenters. The molecular weight excluding hydrogens is 397 g/mol. The Morgan fingerprint density at radius 1 is 1.05 bits per heavy atom. The zero-order chi connectivity index (χ0) is 14.9. The Hall–Kier alpha value is -0.660. The van der Waals surface area contributed by atoms with Gasteiger partial charge in [-0.2, -0.15) is 0 Å². The maximum Gasteiger partial charge on any atom is 0.228 e. The van der Waals surface area contributed by atoms with Crippen molar-refractivity contribution in [2.45, 2.75) is 24.0 Å². The van der Waals surface area contributed by atoms with Crippen molar-refractivity contribution in [3.8, 4) is 0 Å². The average molecular weight is 415 g/mol. The van der Waals surface area contributed by atoms with Gasteiger partial charge in [-0.1, -0.05) is 36.4 Å². The van der Waals surface area contributed by atoms with Crippen LogP contribution < -0.4 is 0 Å². The minimum absolute atomic E-state index is 0.503. The van der Waals surface area contributed by atoms with Gasteiger partial charge in [-0.3, -0.25) is 0 Å². The van der Waals surface area contributed by atoms with Crippen LogP contribution in [0.5, 0.6) is 0 Å². The van der Waals surface area contributed by atoms with Gasteiger partial charge in [0.05, 0.1) is 0 Å². The van der Waals surface area contributed by atoms with Gasteiger partial charge in [0, 0.05) is 16.7 Å². The summed E-state index contributed by atoms with van der Waals surface area (Å²) in [5.74, 6) is 0. The zero-order valence-corrected chi connectivity index (χ0v) is 14.7. The maximum absolute atomic E-state index is 13.2. The minimum atomic E-state index is -3.40. The summed E-state index contributed by atoms with van der Waals surface area (Å²) in [7, 11) is -3.40. The van der Waals surface area contributed by atoms with Crippen LogP contribution in [0.1, 0.15) is 24.8 Å². The Labute approximate surface area is 139 Å². The number of halogens is 1. The summed E-state index contributed by atoms with van der Waals surface area (Å²) < 4.78 is 28.3. The van der Waals surface area contributed by atoms with E-state index >= 15 is 0 Å². The highest BCUT2D eigenvalue weighted by molar-refractivity contribution is 14.1. The van der Waals surface area contributed by atoms with Gasteiger partial charge in [0.1, 0.15) is 4.75 Å². The second kappa shape index (κ2) is 5.85. The summed E-state index contributed by atoms with van der Waals surface area (Å²) in [4.78, 5) is 0. The third-order valence-electron chi connectivity index (χ3n) is 4.23. The predicted molar refractivity (Wildman–Crippen MR) is 93.5 cm³/mol. The van der Waals surface area contributed by atoms with Gasteiger partial charge in [0.2, 0.25) is 10.0 Å². The fourth-order valence-electron chi connectivity index (χ4n) is 3.05. The Kier molecular flexibility index (Phi) is 4.25. The van der Waals surface area contributed by atoms with E-state index in [1.165, 1.54) is 0 Å². The molecule has 0 bridgehead atoms. The molecule has 0 amide bonds.